The number of ether oxygens (including phenoxy) is 1. The van der Waals surface area contributed by atoms with Crippen LogP contribution in [0.5, 0.6) is 5.75 Å². The summed E-state index contributed by atoms with van der Waals surface area (Å²) in [7, 11) is 1.57. The van der Waals surface area contributed by atoms with Crippen molar-refractivity contribution in [3.63, 3.8) is 0 Å². The van der Waals surface area contributed by atoms with Crippen LogP contribution < -0.4 is 15.6 Å². The molecule has 0 fully saturated rings. The minimum atomic E-state index is -0.371. The quantitative estimate of drug-likeness (QED) is 0.348. The summed E-state index contributed by atoms with van der Waals surface area (Å²) in [5, 5.41) is 12.0. The molecule has 0 spiro atoms. The largest absolute Gasteiger partial charge is 0.494 e. The second-order valence-corrected chi connectivity index (χ2v) is 8.33. The van der Waals surface area contributed by atoms with Crippen molar-refractivity contribution >= 4 is 22.8 Å². The molecule has 10 heteroatoms. The van der Waals surface area contributed by atoms with Crippen molar-refractivity contribution in [2.24, 2.45) is 0 Å². The van der Waals surface area contributed by atoms with E-state index in [0.717, 1.165) is 6.42 Å². The van der Waals surface area contributed by atoms with Crippen LogP contribution in [0.4, 0.5) is 5.82 Å². The van der Waals surface area contributed by atoms with Gasteiger partial charge in [-0.15, -0.1) is 0 Å². The fraction of sp³-hybridized carbons (Fsp3) is 0.192. The summed E-state index contributed by atoms with van der Waals surface area (Å²) >= 11 is 0. The van der Waals surface area contributed by atoms with Gasteiger partial charge >= 0.3 is 0 Å². The second kappa shape index (κ2) is 9.87. The highest BCUT2D eigenvalue weighted by Gasteiger charge is 2.18. The summed E-state index contributed by atoms with van der Waals surface area (Å²) in [6.45, 7) is 1.80. The van der Waals surface area contributed by atoms with Crippen molar-refractivity contribution in [3.05, 3.63) is 88.5 Å². The molecule has 5 rings (SSSR count). The van der Waals surface area contributed by atoms with Gasteiger partial charge in [0.2, 0.25) is 11.9 Å². The van der Waals surface area contributed by atoms with Crippen LogP contribution in [-0.4, -0.2) is 42.5 Å². The first-order valence-electron chi connectivity index (χ1n) is 11.6. The number of hydrogen-bond acceptors (Lipinski definition) is 6. The van der Waals surface area contributed by atoms with E-state index >= 15 is 0 Å². The average molecular weight is 484 g/mol. The van der Waals surface area contributed by atoms with Gasteiger partial charge in [-0.3, -0.25) is 14.6 Å². The molecule has 0 saturated heterocycles. The zero-order valence-electron chi connectivity index (χ0n) is 19.9. The molecule has 5 aromatic rings. The van der Waals surface area contributed by atoms with Crippen LogP contribution in [0, 0.1) is 6.92 Å². The van der Waals surface area contributed by atoms with Crippen LogP contribution in [0.25, 0.3) is 22.7 Å². The maximum Gasteiger partial charge on any atom is 0.263 e. The zero-order valence-corrected chi connectivity index (χ0v) is 19.9. The van der Waals surface area contributed by atoms with Gasteiger partial charge < -0.3 is 10.1 Å². The van der Waals surface area contributed by atoms with E-state index in [1.165, 1.54) is 16.4 Å². The molecule has 182 valence electrons. The predicted octanol–water partition coefficient (Wildman–Crippen LogP) is 3.57. The summed E-state index contributed by atoms with van der Waals surface area (Å²) in [5.41, 5.74) is 2.46. The Labute approximate surface area is 206 Å². The van der Waals surface area contributed by atoms with Crippen LogP contribution >= 0.6 is 0 Å². The van der Waals surface area contributed by atoms with Crippen LogP contribution in [-0.2, 0) is 11.2 Å². The van der Waals surface area contributed by atoms with E-state index < -0.39 is 0 Å². The van der Waals surface area contributed by atoms with Crippen LogP contribution in [0.15, 0.2) is 71.7 Å². The number of carbonyl (C=O) groups excluding carboxylic acids is 1. The number of rotatable bonds is 8. The molecule has 2 N–H and O–H groups in total. The van der Waals surface area contributed by atoms with E-state index in [-0.39, 0.29) is 17.4 Å². The number of hydrogen-bond donors (Lipinski definition) is 2. The fourth-order valence-electron chi connectivity index (χ4n) is 4.04. The minimum Gasteiger partial charge on any atom is -0.494 e. The van der Waals surface area contributed by atoms with Crippen molar-refractivity contribution in [2.75, 3.05) is 12.4 Å². The minimum absolute atomic E-state index is 0.144. The second-order valence-electron chi connectivity index (χ2n) is 8.33. The summed E-state index contributed by atoms with van der Waals surface area (Å²) in [5.74, 6) is 1.03. The molecule has 0 bridgehead atoms. The molecule has 0 radical (unpaired) electrons. The van der Waals surface area contributed by atoms with Crippen LogP contribution in [0.3, 0.4) is 0 Å². The lowest BCUT2D eigenvalue weighted by Crippen LogP contribution is -2.19. The lowest BCUT2D eigenvalue weighted by Gasteiger charge is -2.10. The Morgan fingerprint density at radius 2 is 1.86 bits per heavy atom. The van der Waals surface area contributed by atoms with Gasteiger partial charge in [0.25, 0.3) is 5.56 Å². The third-order valence-corrected chi connectivity index (χ3v) is 5.75. The fourth-order valence-corrected chi connectivity index (χ4v) is 4.04. The lowest BCUT2D eigenvalue weighted by molar-refractivity contribution is -0.116. The Morgan fingerprint density at radius 3 is 2.67 bits per heavy atom. The highest BCUT2D eigenvalue weighted by molar-refractivity contribution is 5.90. The number of fused-ring (bicyclic) bond motifs is 1. The molecule has 1 amide bonds. The number of carbonyl (C=O) groups is 1. The Kier molecular flexibility index (Phi) is 6.31. The van der Waals surface area contributed by atoms with E-state index in [1.54, 1.807) is 30.8 Å². The van der Waals surface area contributed by atoms with Gasteiger partial charge in [0, 0.05) is 12.5 Å². The standard InChI is InChI=1S/C26H25N7O3/c1-17-15-22(28-23(34)14-8-11-18-9-4-3-5-10-18)33(31-17)26-29-24-19(25(35)30-26)16-27-32(24)20-12-6-7-13-21(20)36-2/h3-7,9-10,12-13,15-16H,8,11,14H2,1-2H3,(H,28,34)(H,29,30,35). The first-order valence-corrected chi connectivity index (χ1v) is 11.6. The molecule has 0 aliphatic rings. The Balaban J connectivity index is 1.43. The number of para-hydroxylation sites is 2. The molecule has 0 saturated carbocycles. The Hall–Kier alpha value is -4.73. The lowest BCUT2D eigenvalue weighted by atomic mass is 10.1. The smallest absolute Gasteiger partial charge is 0.263 e. The van der Waals surface area contributed by atoms with Gasteiger partial charge in [-0.05, 0) is 37.5 Å². The number of aromatic amines is 1. The van der Waals surface area contributed by atoms with Gasteiger partial charge in [-0.1, -0.05) is 42.5 Å². The molecule has 10 nitrogen and oxygen atoms in total. The number of amides is 1. The topological polar surface area (TPSA) is 120 Å². The highest BCUT2D eigenvalue weighted by Crippen LogP contribution is 2.24. The van der Waals surface area contributed by atoms with Gasteiger partial charge in [0.1, 0.15) is 22.6 Å². The molecule has 36 heavy (non-hydrogen) atoms. The normalized spacial score (nSPS) is 11.1. The molecular weight excluding hydrogens is 458 g/mol. The van der Waals surface area contributed by atoms with E-state index in [4.69, 9.17) is 4.74 Å². The molecular formula is C26H25N7O3. The monoisotopic (exact) mass is 483 g/mol. The molecule has 3 heterocycles. The molecule has 3 aromatic heterocycles. The van der Waals surface area contributed by atoms with Crippen molar-refractivity contribution in [1.29, 1.82) is 0 Å². The first kappa shape index (κ1) is 23.0. The summed E-state index contributed by atoms with van der Waals surface area (Å²) in [4.78, 5) is 32.9. The van der Waals surface area contributed by atoms with Gasteiger partial charge in [-0.25, -0.2) is 4.68 Å². The number of anilines is 1. The number of aromatic nitrogens is 6. The number of H-pyrrole nitrogens is 1. The van der Waals surface area contributed by atoms with E-state index in [0.29, 0.717) is 46.8 Å². The SMILES string of the molecule is COc1ccccc1-n1ncc2c(=O)[nH]c(-n3nc(C)cc3NC(=O)CCCc3ccccc3)nc21. The Bertz CT molecular complexity index is 1580. The molecule has 2 aromatic carbocycles. The summed E-state index contributed by atoms with van der Waals surface area (Å²) < 4.78 is 8.42. The molecule has 0 atom stereocenters. The summed E-state index contributed by atoms with van der Waals surface area (Å²) in [6, 6.07) is 19.1. The maximum atomic E-state index is 12.9. The van der Waals surface area contributed by atoms with Gasteiger partial charge in [0.05, 0.1) is 19.0 Å². The van der Waals surface area contributed by atoms with Crippen molar-refractivity contribution in [2.45, 2.75) is 26.2 Å². The van der Waals surface area contributed by atoms with E-state index in [2.05, 4.69) is 25.5 Å². The number of aryl methyl sites for hydroxylation is 2. The Morgan fingerprint density at radius 1 is 1.08 bits per heavy atom. The third-order valence-electron chi connectivity index (χ3n) is 5.75. The average Bonchev–Trinajstić information content (AvgIpc) is 3.48. The molecule has 0 aliphatic heterocycles. The molecule has 0 unspecified atom stereocenters. The number of benzene rings is 2. The van der Waals surface area contributed by atoms with Crippen molar-refractivity contribution in [1.82, 2.24) is 29.5 Å². The third kappa shape index (κ3) is 4.61. The zero-order chi connectivity index (χ0) is 25.1. The van der Waals surface area contributed by atoms with Crippen molar-refractivity contribution in [3.8, 4) is 17.4 Å². The van der Waals surface area contributed by atoms with Crippen molar-refractivity contribution < 1.29 is 9.53 Å². The van der Waals surface area contributed by atoms with E-state index in [1.807, 2.05) is 48.5 Å². The van der Waals surface area contributed by atoms with Gasteiger partial charge in [0.15, 0.2) is 5.65 Å². The maximum absolute atomic E-state index is 12.9. The number of nitrogens with one attached hydrogen (secondary N) is 2. The predicted molar refractivity (Wildman–Crippen MR) is 136 cm³/mol. The first-order chi connectivity index (χ1) is 17.5. The van der Waals surface area contributed by atoms with E-state index in [9.17, 15) is 9.59 Å². The molecule has 0 aliphatic carbocycles. The van der Waals surface area contributed by atoms with Crippen LogP contribution in [0.1, 0.15) is 24.1 Å². The van der Waals surface area contributed by atoms with Crippen LogP contribution in [0.2, 0.25) is 0 Å². The summed E-state index contributed by atoms with van der Waals surface area (Å²) in [6.07, 6.45) is 3.33. The number of methoxy groups -OCH3 is 1. The highest BCUT2D eigenvalue weighted by atomic mass is 16.5. The number of nitrogens with zero attached hydrogens (tertiary/aromatic N) is 5. The van der Waals surface area contributed by atoms with Gasteiger partial charge in [-0.2, -0.15) is 19.9 Å².